The molecule has 40 heavy (non-hydrogen) atoms. The Morgan fingerprint density at radius 3 is 2.20 bits per heavy atom. The van der Waals surface area contributed by atoms with Gasteiger partial charge in [0.15, 0.2) is 7.60 Å². The third-order valence-electron chi connectivity index (χ3n) is 6.28. The van der Waals surface area contributed by atoms with Gasteiger partial charge in [0.2, 0.25) is 0 Å². The van der Waals surface area contributed by atoms with Crippen LogP contribution in [0.15, 0.2) is 29.2 Å². The van der Waals surface area contributed by atoms with Gasteiger partial charge in [-0.15, -0.1) is 0 Å². The zero-order chi connectivity index (χ0) is 28.6. The Labute approximate surface area is 262 Å². The molecule has 0 radical (unpaired) electrons. The standard InChI is InChI=1S/C28H52N3O7P.Na/c1-2-3-4-5-6-7-8-9-10-11-12-13-14-15-16-17-20-36-21-22-38-39(34,35)25-37-26(24-32)23-31-19-18-27(29)30-28(31)33;/h9-10,18-19,26,32H,2-8,11-17,20-25H2,1H3,(H,34,35)(H2,29,30,33);/q;+1/p-1/b10-9-;/t26-;/m0./s1. The van der Waals surface area contributed by atoms with E-state index in [1.807, 2.05) is 0 Å². The molecule has 226 valence electrons. The third kappa shape index (κ3) is 22.1. The summed E-state index contributed by atoms with van der Waals surface area (Å²) in [4.78, 5) is 27.4. The number of anilines is 1. The van der Waals surface area contributed by atoms with E-state index in [2.05, 4.69) is 24.1 Å². The van der Waals surface area contributed by atoms with Crippen LogP contribution in [0.5, 0.6) is 0 Å². The van der Waals surface area contributed by atoms with Gasteiger partial charge in [-0.3, -0.25) is 4.57 Å². The van der Waals surface area contributed by atoms with Crippen LogP contribution >= 0.6 is 7.60 Å². The van der Waals surface area contributed by atoms with Crippen molar-refractivity contribution in [2.24, 2.45) is 0 Å². The van der Waals surface area contributed by atoms with E-state index in [1.165, 1.54) is 93.9 Å². The Hall–Kier alpha value is -0.550. The van der Waals surface area contributed by atoms with Gasteiger partial charge in [-0.2, -0.15) is 4.98 Å². The van der Waals surface area contributed by atoms with Crippen molar-refractivity contribution in [2.45, 2.75) is 109 Å². The van der Waals surface area contributed by atoms with Crippen LogP contribution in [0.3, 0.4) is 0 Å². The number of aromatic nitrogens is 2. The second kappa shape index (κ2) is 26.1. The number of aliphatic hydroxyl groups excluding tert-OH is 1. The maximum atomic E-state index is 12.0. The average molecular weight is 596 g/mol. The number of hydrogen-bond donors (Lipinski definition) is 2. The number of hydrogen-bond acceptors (Lipinski definition) is 9. The number of rotatable bonds is 26. The largest absolute Gasteiger partial charge is 1.00 e. The van der Waals surface area contributed by atoms with E-state index >= 15 is 0 Å². The molecule has 1 aromatic rings. The second-order valence-corrected chi connectivity index (χ2v) is 11.6. The number of aliphatic hydroxyl groups is 1. The smallest absolute Gasteiger partial charge is 0.777 e. The average Bonchev–Trinajstić information content (AvgIpc) is 2.91. The summed E-state index contributed by atoms with van der Waals surface area (Å²) in [5.41, 5.74) is 4.83. The second-order valence-electron chi connectivity index (χ2n) is 9.88. The first-order valence-electron chi connectivity index (χ1n) is 14.6. The first-order valence-corrected chi connectivity index (χ1v) is 16.3. The molecule has 0 bridgehead atoms. The van der Waals surface area contributed by atoms with Gasteiger partial charge in [0.25, 0.3) is 0 Å². The summed E-state index contributed by atoms with van der Waals surface area (Å²) in [6, 6.07) is 1.43. The first kappa shape index (κ1) is 39.5. The Bertz CT molecular complexity index is 873. The van der Waals surface area contributed by atoms with Gasteiger partial charge in [-0.1, -0.05) is 76.9 Å². The minimum atomic E-state index is -4.27. The van der Waals surface area contributed by atoms with E-state index < -0.39 is 32.3 Å². The number of nitrogen functional groups attached to an aromatic ring is 1. The number of ether oxygens (including phenoxy) is 2. The summed E-state index contributed by atoms with van der Waals surface area (Å²) in [7, 11) is -4.27. The van der Waals surface area contributed by atoms with E-state index in [-0.39, 0.29) is 55.1 Å². The Kier molecular flexibility index (Phi) is 25.7. The SMILES string of the molecule is CCCCCCCC/C=C\CCCCCCCCOCCOP(=O)([O-])CO[C@H](CO)Cn1ccc(N)nc1=O.[Na+]. The molecule has 2 atom stereocenters. The monoisotopic (exact) mass is 595 g/mol. The molecule has 1 heterocycles. The fourth-order valence-corrected chi connectivity index (χ4v) is 4.81. The quantitative estimate of drug-likeness (QED) is 0.0708. The minimum absolute atomic E-state index is 0. The van der Waals surface area contributed by atoms with Crippen molar-refractivity contribution < 1.29 is 58.1 Å². The van der Waals surface area contributed by atoms with Gasteiger partial charge in [0.1, 0.15) is 12.2 Å². The van der Waals surface area contributed by atoms with Crippen molar-refractivity contribution in [1.82, 2.24) is 9.55 Å². The number of unbranched alkanes of at least 4 members (excludes halogenated alkanes) is 12. The zero-order valence-corrected chi connectivity index (χ0v) is 27.7. The minimum Gasteiger partial charge on any atom is -0.777 e. The van der Waals surface area contributed by atoms with E-state index in [0.717, 1.165) is 12.8 Å². The molecule has 1 aromatic heterocycles. The maximum absolute atomic E-state index is 12.0. The zero-order valence-electron chi connectivity index (χ0n) is 24.8. The fraction of sp³-hybridized carbons (Fsp3) is 0.786. The molecular formula is C28H51N3NaO7P. The first-order chi connectivity index (χ1) is 18.9. The molecule has 1 unspecified atom stereocenters. The molecule has 12 heteroatoms. The third-order valence-corrected chi connectivity index (χ3v) is 7.33. The summed E-state index contributed by atoms with van der Waals surface area (Å²) in [6.45, 7) is 2.36. The molecule has 0 aliphatic rings. The fourth-order valence-electron chi connectivity index (χ4n) is 3.99. The molecule has 0 aromatic carbocycles. The summed E-state index contributed by atoms with van der Waals surface area (Å²) < 4.78 is 28.8. The van der Waals surface area contributed by atoms with E-state index in [4.69, 9.17) is 19.7 Å². The van der Waals surface area contributed by atoms with E-state index in [9.17, 15) is 19.4 Å². The van der Waals surface area contributed by atoms with Crippen molar-refractivity contribution in [1.29, 1.82) is 0 Å². The summed E-state index contributed by atoms with van der Waals surface area (Å²) in [5.74, 6) is 0.0741. The molecule has 0 aliphatic carbocycles. The molecule has 10 nitrogen and oxygen atoms in total. The van der Waals surface area contributed by atoms with Crippen LogP contribution < -0.4 is 45.9 Å². The van der Waals surface area contributed by atoms with Crippen LogP contribution in [0.4, 0.5) is 5.82 Å². The van der Waals surface area contributed by atoms with Crippen molar-refractivity contribution in [3.8, 4) is 0 Å². The van der Waals surface area contributed by atoms with Crippen molar-refractivity contribution in [3.63, 3.8) is 0 Å². The van der Waals surface area contributed by atoms with Crippen LogP contribution in [0, 0.1) is 0 Å². The van der Waals surface area contributed by atoms with E-state index in [0.29, 0.717) is 6.61 Å². The van der Waals surface area contributed by atoms with Crippen molar-refractivity contribution >= 4 is 13.4 Å². The maximum Gasteiger partial charge on any atom is 1.00 e. The predicted molar refractivity (Wildman–Crippen MR) is 154 cm³/mol. The van der Waals surface area contributed by atoms with E-state index in [1.54, 1.807) is 0 Å². The van der Waals surface area contributed by atoms with Gasteiger partial charge in [-0.05, 0) is 38.2 Å². The van der Waals surface area contributed by atoms with Gasteiger partial charge in [-0.25, -0.2) is 4.79 Å². The molecule has 0 fully saturated rings. The molecule has 3 N–H and O–H groups in total. The number of allylic oxidation sites excluding steroid dienone is 2. The normalized spacial score (nSPS) is 13.8. The topological polar surface area (TPSA) is 149 Å². The van der Waals surface area contributed by atoms with Crippen LogP contribution in [0.2, 0.25) is 0 Å². The molecule has 0 saturated carbocycles. The Morgan fingerprint density at radius 1 is 1.00 bits per heavy atom. The molecule has 0 amide bonds. The van der Waals surface area contributed by atoms with Gasteiger partial charge in [0.05, 0.1) is 32.5 Å². The van der Waals surface area contributed by atoms with Crippen molar-refractivity contribution in [2.75, 3.05) is 38.5 Å². The summed E-state index contributed by atoms with van der Waals surface area (Å²) >= 11 is 0. The van der Waals surface area contributed by atoms with Crippen LogP contribution in [-0.2, 0) is 25.1 Å². The molecular weight excluding hydrogens is 544 g/mol. The van der Waals surface area contributed by atoms with Gasteiger partial charge in [0, 0.05) is 12.8 Å². The van der Waals surface area contributed by atoms with Gasteiger partial charge < -0.3 is 34.3 Å². The molecule has 0 aliphatic heterocycles. The Balaban J connectivity index is 0.0000152. The summed E-state index contributed by atoms with van der Waals surface area (Å²) in [6.07, 6.45) is 21.9. The number of nitrogens with two attached hydrogens (primary N) is 1. The Morgan fingerprint density at radius 2 is 1.60 bits per heavy atom. The molecule has 1 rings (SSSR count). The van der Waals surface area contributed by atoms with Gasteiger partial charge >= 0.3 is 35.2 Å². The summed E-state index contributed by atoms with van der Waals surface area (Å²) in [5, 5.41) is 9.44. The van der Waals surface area contributed by atoms with Crippen LogP contribution in [0.25, 0.3) is 0 Å². The van der Waals surface area contributed by atoms with Crippen molar-refractivity contribution in [3.05, 3.63) is 34.9 Å². The molecule has 0 spiro atoms. The molecule has 0 saturated heterocycles. The van der Waals surface area contributed by atoms with Crippen LogP contribution in [0.1, 0.15) is 96.8 Å². The predicted octanol–water partition coefficient (Wildman–Crippen LogP) is 1.79. The van der Waals surface area contributed by atoms with Crippen LogP contribution in [-0.4, -0.2) is 53.5 Å². The number of nitrogens with zero attached hydrogens (tertiary/aromatic N) is 2.